The van der Waals surface area contributed by atoms with Crippen molar-refractivity contribution in [1.29, 1.82) is 0 Å². The molecule has 0 atom stereocenters. The van der Waals surface area contributed by atoms with Crippen LogP contribution in [0.25, 0.3) is 22.3 Å². The molecular formula is C28H29F2Si. The second-order valence-corrected chi connectivity index (χ2v) is 11.4. The number of benzene rings is 3. The van der Waals surface area contributed by atoms with Crippen molar-refractivity contribution in [2.24, 2.45) is 0 Å². The van der Waals surface area contributed by atoms with Gasteiger partial charge < -0.3 is 0 Å². The first-order chi connectivity index (χ1) is 15.2. The minimum Gasteiger partial charge on any atom is -0.207 e. The number of hydrogen-bond acceptors (Lipinski definition) is 0. The van der Waals surface area contributed by atoms with E-state index in [1.165, 1.54) is 36.7 Å². The largest absolute Gasteiger partial charge is 0.207 e. The number of halogens is 2. The highest BCUT2D eigenvalue weighted by Gasteiger charge is 2.27. The summed E-state index contributed by atoms with van der Waals surface area (Å²) in [5, 5.41) is 0. The fraction of sp³-hybridized carbons (Fsp3) is 0.286. The zero-order valence-electron chi connectivity index (χ0n) is 18.1. The molecule has 3 heteroatoms. The second kappa shape index (κ2) is 10.2. The molecule has 0 nitrogen and oxygen atoms in total. The minimum atomic E-state index is -0.305. The molecule has 0 spiro atoms. The molecule has 1 aliphatic rings. The van der Waals surface area contributed by atoms with E-state index in [-0.39, 0.29) is 26.3 Å². The van der Waals surface area contributed by atoms with E-state index in [1.54, 1.807) is 12.1 Å². The lowest BCUT2D eigenvalue weighted by Crippen LogP contribution is -2.20. The maximum absolute atomic E-state index is 16.0. The van der Waals surface area contributed by atoms with Crippen molar-refractivity contribution in [3.63, 3.8) is 0 Å². The summed E-state index contributed by atoms with van der Waals surface area (Å²) < 4.78 is 29.6. The van der Waals surface area contributed by atoms with Crippen LogP contribution in [0.2, 0.25) is 18.1 Å². The van der Waals surface area contributed by atoms with Gasteiger partial charge in [-0.1, -0.05) is 84.9 Å². The van der Waals surface area contributed by atoms with Crippen LogP contribution in [0.3, 0.4) is 0 Å². The van der Waals surface area contributed by atoms with E-state index >= 15 is 4.39 Å². The van der Waals surface area contributed by atoms with Gasteiger partial charge in [0, 0.05) is 14.4 Å². The summed E-state index contributed by atoms with van der Waals surface area (Å²) in [5.74, 6) is -0.163. The van der Waals surface area contributed by atoms with Gasteiger partial charge in [0.2, 0.25) is 0 Å². The fourth-order valence-electron chi connectivity index (χ4n) is 4.71. The Morgan fingerprint density at radius 2 is 1.58 bits per heavy atom. The summed E-state index contributed by atoms with van der Waals surface area (Å²) in [5.41, 5.74) is 3.98. The van der Waals surface area contributed by atoms with Crippen molar-refractivity contribution in [1.82, 2.24) is 0 Å². The highest BCUT2D eigenvalue weighted by molar-refractivity contribution is 6.59. The van der Waals surface area contributed by atoms with E-state index < -0.39 is 0 Å². The molecule has 31 heavy (non-hydrogen) atoms. The molecule has 3 aromatic rings. The van der Waals surface area contributed by atoms with Crippen LogP contribution in [0.1, 0.15) is 37.7 Å². The summed E-state index contributed by atoms with van der Waals surface area (Å²) in [4.78, 5) is 0. The Bertz CT molecular complexity index is 1020. The standard InChI is InChI=1S/C28H29F2Si/c1-2-3-7-18-31-19-16-22(17-20-31)26-15-14-25(21-8-5-4-6-9-21)27(28(26)30)23-10-12-24(29)13-11-23/h2-6,8-15,22H,7,16-20H2,1H3/b3-2+. The molecule has 0 bridgehead atoms. The lowest BCUT2D eigenvalue weighted by molar-refractivity contribution is 0.546. The quantitative estimate of drug-likeness (QED) is 0.271. The Morgan fingerprint density at radius 3 is 2.26 bits per heavy atom. The van der Waals surface area contributed by atoms with Gasteiger partial charge in [0.25, 0.3) is 0 Å². The first kappa shape index (κ1) is 21.7. The molecule has 1 heterocycles. The predicted molar refractivity (Wildman–Crippen MR) is 129 cm³/mol. The smallest absolute Gasteiger partial charge is 0.135 e. The average Bonchev–Trinajstić information content (AvgIpc) is 2.81. The Balaban J connectivity index is 1.66. The van der Waals surface area contributed by atoms with Crippen molar-refractivity contribution in [2.45, 2.75) is 50.2 Å². The summed E-state index contributed by atoms with van der Waals surface area (Å²) in [7, 11) is -0.305. The lowest BCUT2D eigenvalue weighted by atomic mass is 9.86. The molecule has 4 rings (SSSR count). The highest BCUT2D eigenvalue weighted by atomic mass is 28.3. The normalized spacial score (nSPS) is 15.6. The summed E-state index contributed by atoms with van der Waals surface area (Å²) in [6.45, 7) is 2.08. The fourth-order valence-corrected chi connectivity index (χ4v) is 7.54. The monoisotopic (exact) mass is 431 g/mol. The van der Waals surface area contributed by atoms with Crippen LogP contribution in [-0.2, 0) is 0 Å². The van der Waals surface area contributed by atoms with E-state index in [2.05, 4.69) is 25.1 Å². The van der Waals surface area contributed by atoms with E-state index in [0.29, 0.717) is 5.56 Å². The third kappa shape index (κ3) is 5.04. The molecule has 159 valence electrons. The van der Waals surface area contributed by atoms with Gasteiger partial charge in [-0.05, 0) is 66.5 Å². The second-order valence-electron chi connectivity index (χ2n) is 8.40. The van der Waals surface area contributed by atoms with Crippen molar-refractivity contribution < 1.29 is 8.78 Å². The van der Waals surface area contributed by atoms with Crippen molar-refractivity contribution in [3.05, 3.63) is 96.1 Å². The third-order valence-electron chi connectivity index (χ3n) is 6.42. The number of allylic oxidation sites excluding steroid dienone is 2. The van der Waals surface area contributed by atoms with Crippen LogP contribution < -0.4 is 0 Å². The molecular weight excluding hydrogens is 402 g/mol. The highest BCUT2D eigenvalue weighted by Crippen LogP contribution is 2.42. The predicted octanol–water partition coefficient (Wildman–Crippen LogP) is 8.64. The Hall–Kier alpha value is -2.52. The molecule has 0 unspecified atom stereocenters. The van der Waals surface area contributed by atoms with Crippen LogP contribution in [-0.4, -0.2) is 8.80 Å². The molecule has 0 aliphatic carbocycles. The van der Waals surface area contributed by atoms with Gasteiger partial charge in [-0.15, -0.1) is 0 Å². The van der Waals surface area contributed by atoms with Gasteiger partial charge in [-0.25, -0.2) is 8.78 Å². The molecule has 3 aromatic carbocycles. The Kier molecular flexibility index (Phi) is 7.13. The van der Waals surface area contributed by atoms with Gasteiger partial charge in [0.15, 0.2) is 0 Å². The number of hydrogen-bond donors (Lipinski definition) is 0. The van der Waals surface area contributed by atoms with Gasteiger partial charge in [0.05, 0.1) is 0 Å². The first-order valence-electron chi connectivity index (χ1n) is 11.3. The molecule has 1 saturated heterocycles. The summed E-state index contributed by atoms with van der Waals surface area (Å²) in [6, 6.07) is 24.0. The van der Waals surface area contributed by atoms with Crippen molar-refractivity contribution in [3.8, 4) is 22.3 Å². The molecule has 0 amide bonds. The third-order valence-corrected chi connectivity index (χ3v) is 9.41. The van der Waals surface area contributed by atoms with E-state index in [4.69, 9.17) is 0 Å². The van der Waals surface area contributed by atoms with Crippen LogP contribution in [0.4, 0.5) is 8.78 Å². The van der Waals surface area contributed by atoms with Crippen LogP contribution in [0.15, 0.2) is 78.9 Å². The summed E-state index contributed by atoms with van der Waals surface area (Å²) in [6.07, 6.45) is 7.74. The Morgan fingerprint density at radius 1 is 0.871 bits per heavy atom. The maximum atomic E-state index is 16.0. The molecule has 1 aliphatic heterocycles. The zero-order chi connectivity index (χ0) is 21.6. The van der Waals surface area contributed by atoms with Crippen molar-refractivity contribution >= 4 is 8.80 Å². The molecule has 0 saturated carbocycles. The van der Waals surface area contributed by atoms with Crippen LogP contribution in [0.5, 0.6) is 0 Å². The molecule has 1 fully saturated rings. The van der Waals surface area contributed by atoms with E-state index in [0.717, 1.165) is 35.1 Å². The van der Waals surface area contributed by atoms with Crippen LogP contribution >= 0.6 is 0 Å². The zero-order valence-corrected chi connectivity index (χ0v) is 19.1. The Labute approximate surface area is 186 Å². The van der Waals surface area contributed by atoms with Gasteiger partial charge in [-0.3, -0.25) is 0 Å². The van der Waals surface area contributed by atoms with E-state index in [9.17, 15) is 4.39 Å². The van der Waals surface area contributed by atoms with Gasteiger partial charge in [0.1, 0.15) is 11.6 Å². The topological polar surface area (TPSA) is 0 Å². The van der Waals surface area contributed by atoms with Gasteiger partial charge in [-0.2, -0.15) is 0 Å². The van der Waals surface area contributed by atoms with Gasteiger partial charge >= 0.3 is 0 Å². The molecule has 0 aromatic heterocycles. The van der Waals surface area contributed by atoms with Crippen molar-refractivity contribution in [2.75, 3.05) is 0 Å². The summed E-state index contributed by atoms with van der Waals surface area (Å²) >= 11 is 0. The SMILES string of the molecule is C/C=C/CC[Si]1CCC(c2ccc(-c3ccccc3)c(-c3ccc(F)cc3)c2F)CC1. The lowest BCUT2D eigenvalue weighted by Gasteiger charge is -2.29. The minimum absolute atomic E-state index is 0.137. The van der Waals surface area contributed by atoms with E-state index in [1.807, 2.05) is 36.4 Å². The van der Waals surface area contributed by atoms with Crippen LogP contribution in [0, 0.1) is 11.6 Å². The average molecular weight is 432 g/mol. The molecule has 1 radical (unpaired) electrons. The first-order valence-corrected chi connectivity index (χ1v) is 13.4. The number of rotatable bonds is 6. The molecule has 0 N–H and O–H groups in total. The maximum Gasteiger partial charge on any atom is 0.135 e.